The molecular formula is C21H23Cl3N2O5. The third-order valence-electron chi connectivity index (χ3n) is 3.90. The van der Waals surface area contributed by atoms with Gasteiger partial charge in [0.25, 0.3) is 0 Å². The number of amides is 1. The van der Waals surface area contributed by atoms with Crippen molar-refractivity contribution in [2.75, 3.05) is 7.11 Å². The molecule has 0 aliphatic carbocycles. The summed E-state index contributed by atoms with van der Waals surface area (Å²) < 4.78 is 15.6. The number of hydrogen-bond donors (Lipinski definition) is 1. The molecule has 0 fully saturated rings. The van der Waals surface area contributed by atoms with Gasteiger partial charge >= 0.3 is 12.1 Å². The number of nitrogens with zero attached hydrogens (tertiary/aromatic N) is 1. The van der Waals surface area contributed by atoms with E-state index in [2.05, 4.69) is 10.3 Å². The fourth-order valence-corrected chi connectivity index (χ4v) is 3.23. The Morgan fingerprint density at radius 1 is 1.10 bits per heavy atom. The molecule has 1 aromatic carbocycles. The highest BCUT2D eigenvalue weighted by Crippen LogP contribution is 2.28. The zero-order valence-electron chi connectivity index (χ0n) is 17.5. The van der Waals surface area contributed by atoms with Crippen molar-refractivity contribution in [3.05, 3.63) is 56.8 Å². The zero-order chi connectivity index (χ0) is 23.2. The molecule has 1 atom stereocenters. The molecule has 10 heteroatoms. The molecule has 2 aromatic rings. The fraction of sp³-hybridized carbons (Fsp3) is 0.381. The van der Waals surface area contributed by atoms with Crippen LogP contribution in [-0.2, 0) is 27.3 Å². The first-order valence-electron chi connectivity index (χ1n) is 9.28. The van der Waals surface area contributed by atoms with Crippen molar-refractivity contribution in [1.82, 2.24) is 10.3 Å². The van der Waals surface area contributed by atoms with Crippen LogP contribution in [0.25, 0.3) is 0 Å². The van der Waals surface area contributed by atoms with Crippen LogP contribution < -0.4 is 10.1 Å². The van der Waals surface area contributed by atoms with Crippen LogP contribution in [0.5, 0.6) is 5.75 Å². The van der Waals surface area contributed by atoms with E-state index in [1.165, 1.54) is 7.11 Å². The van der Waals surface area contributed by atoms with Crippen molar-refractivity contribution < 1.29 is 23.8 Å². The molecule has 0 aliphatic heterocycles. The molecule has 31 heavy (non-hydrogen) atoms. The van der Waals surface area contributed by atoms with Gasteiger partial charge in [-0.15, -0.1) is 0 Å². The predicted octanol–water partition coefficient (Wildman–Crippen LogP) is 5.23. The minimum Gasteiger partial charge on any atom is -0.486 e. The van der Waals surface area contributed by atoms with E-state index >= 15 is 0 Å². The highest BCUT2D eigenvalue weighted by Gasteiger charge is 2.26. The van der Waals surface area contributed by atoms with Crippen molar-refractivity contribution in [2.45, 2.75) is 45.4 Å². The first kappa shape index (κ1) is 25.0. The predicted molar refractivity (Wildman–Crippen MR) is 119 cm³/mol. The third-order valence-corrected chi connectivity index (χ3v) is 4.87. The maximum Gasteiger partial charge on any atom is 0.408 e. The Balaban J connectivity index is 2.09. The minimum absolute atomic E-state index is 0.0439. The summed E-state index contributed by atoms with van der Waals surface area (Å²) in [5, 5.41) is 3.52. The third kappa shape index (κ3) is 7.76. The molecule has 1 heterocycles. The van der Waals surface area contributed by atoms with E-state index < -0.39 is 23.7 Å². The maximum atomic E-state index is 12.1. The number of rotatable bonds is 7. The molecule has 7 nitrogen and oxygen atoms in total. The van der Waals surface area contributed by atoms with Crippen LogP contribution in [0.15, 0.2) is 30.3 Å². The van der Waals surface area contributed by atoms with Crippen molar-refractivity contribution in [2.24, 2.45) is 0 Å². The Morgan fingerprint density at radius 2 is 1.74 bits per heavy atom. The summed E-state index contributed by atoms with van der Waals surface area (Å²) in [5.74, 6) is -0.325. The van der Waals surface area contributed by atoms with Crippen molar-refractivity contribution in [3.8, 4) is 5.75 Å². The molecule has 168 valence electrons. The number of halogens is 3. The first-order valence-corrected chi connectivity index (χ1v) is 10.4. The number of hydrogen-bond acceptors (Lipinski definition) is 6. The van der Waals surface area contributed by atoms with Gasteiger partial charge in [-0.1, -0.05) is 40.9 Å². The number of carbonyl (C=O) groups is 2. The average molecular weight is 490 g/mol. The Labute approximate surface area is 195 Å². The van der Waals surface area contributed by atoms with Crippen LogP contribution in [0, 0.1) is 0 Å². The van der Waals surface area contributed by atoms with Crippen LogP contribution in [0.2, 0.25) is 15.2 Å². The number of methoxy groups -OCH3 is 1. The van der Waals surface area contributed by atoms with Gasteiger partial charge in [-0.05, 0) is 45.0 Å². The number of ether oxygens (including phenoxy) is 3. The van der Waals surface area contributed by atoms with Gasteiger partial charge in [-0.25, -0.2) is 14.6 Å². The second kappa shape index (κ2) is 10.9. The van der Waals surface area contributed by atoms with Crippen LogP contribution in [0.3, 0.4) is 0 Å². The van der Waals surface area contributed by atoms with Gasteiger partial charge < -0.3 is 19.5 Å². The minimum atomic E-state index is -1.00. The summed E-state index contributed by atoms with van der Waals surface area (Å²) in [7, 11) is 1.23. The Bertz CT molecular complexity index is 927. The van der Waals surface area contributed by atoms with Crippen molar-refractivity contribution >= 4 is 46.9 Å². The smallest absolute Gasteiger partial charge is 0.408 e. The van der Waals surface area contributed by atoms with Crippen LogP contribution >= 0.6 is 34.8 Å². The molecule has 0 spiro atoms. The second-order valence-electron chi connectivity index (χ2n) is 7.51. The number of pyridine rings is 1. The quantitative estimate of drug-likeness (QED) is 0.423. The van der Waals surface area contributed by atoms with Crippen molar-refractivity contribution in [3.63, 3.8) is 0 Å². The molecule has 0 radical (unpaired) electrons. The lowest BCUT2D eigenvalue weighted by molar-refractivity contribution is -0.143. The van der Waals surface area contributed by atoms with E-state index in [1.807, 2.05) is 0 Å². The molecule has 1 aromatic heterocycles. The Kier molecular flexibility index (Phi) is 8.79. The van der Waals surface area contributed by atoms with Gasteiger partial charge in [-0.3, -0.25) is 0 Å². The molecule has 0 saturated carbocycles. The molecule has 0 saturated heterocycles. The number of aromatic nitrogens is 1. The number of nitrogens with one attached hydrogen (secondary N) is 1. The largest absolute Gasteiger partial charge is 0.486 e. The first-order chi connectivity index (χ1) is 14.5. The molecule has 1 amide bonds. The van der Waals surface area contributed by atoms with E-state index in [4.69, 9.17) is 49.0 Å². The van der Waals surface area contributed by atoms with Gasteiger partial charge in [0.15, 0.2) is 10.9 Å². The Morgan fingerprint density at radius 3 is 2.29 bits per heavy atom. The van der Waals surface area contributed by atoms with E-state index in [0.717, 1.165) is 0 Å². The lowest BCUT2D eigenvalue weighted by atomic mass is 10.1. The fourth-order valence-electron chi connectivity index (χ4n) is 2.50. The summed E-state index contributed by atoms with van der Waals surface area (Å²) in [6, 6.07) is 7.39. The van der Waals surface area contributed by atoms with Crippen LogP contribution in [-0.4, -0.2) is 35.8 Å². The molecule has 0 bridgehead atoms. The number of esters is 1. The molecular weight excluding hydrogens is 467 g/mol. The second-order valence-corrected chi connectivity index (χ2v) is 8.68. The lowest BCUT2D eigenvalue weighted by Crippen LogP contribution is -2.45. The molecule has 1 N–H and O–H groups in total. The van der Waals surface area contributed by atoms with Crippen molar-refractivity contribution in [1.29, 1.82) is 0 Å². The summed E-state index contributed by atoms with van der Waals surface area (Å²) in [6.45, 7) is 5.25. The highest BCUT2D eigenvalue weighted by molar-refractivity contribution is 6.36. The monoisotopic (exact) mass is 488 g/mol. The van der Waals surface area contributed by atoms with Gasteiger partial charge in [0.2, 0.25) is 0 Å². The normalized spacial score (nSPS) is 12.1. The number of benzene rings is 1. The topological polar surface area (TPSA) is 86.8 Å². The summed E-state index contributed by atoms with van der Waals surface area (Å²) in [5.41, 5.74) is 0.355. The number of alkyl carbamates (subject to hydrolysis) is 1. The molecule has 2 rings (SSSR count). The van der Waals surface area contributed by atoms with Crippen LogP contribution in [0.4, 0.5) is 4.79 Å². The van der Waals surface area contributed by atoms with Gasteiger partial charge in [-0.2, -0.15) is 0 Å². The summed E-state index contributed by atoms with van der Waals surface area (Å²) >= 11 is 18.5. The van der Waals surface area contributed by atoms with Gasteiger partial charge in [0.1, 0.15) is 18.2 Å². The van der Waals surface area contributed by atoms with E-state index in [0.29, 0.717) is 27.1 Å². The molecule has 0 unspecified atom stereocenters. The standard InChI is InChI=1S/C21H23Cl3N2O5/c1-21(2,3)31-20(28)26-16(19(27)29-4)10-12-8-9-17(18(24)25-12)30-11-13-14(22)6-5-7-15(13)23/h5-9,16H,10-11H2,1-4H3,(H,26,28)/t16-/m0/s1. The average Bonchev–Trinajstić information content (AvgIpc) is 2.66. The van der Waals surface area contributed by atoms with E-state index in [-0.39, 0.29) is 18.2 Å². The summed E-state index contributed by atoms with van der Waals surface area (Å²) in [4.78, 5) is 28.4. The van der Waals surface area contributed by atoms with E-state index in [9.17, 15) is 9.59 Å². The van der Waals surface area contributed by atoms with E-state index in [1.54, 1.807) is 51.1 Å². The van der Waals surface area contributed by atoms with Gasteiger partial charge in [0, 0.05) is 27.7 Å². The lowest BCUT2D eigenvalue weighted by Gasteiger charge is -2.22. The summed E-state index contributed by atoms with van der Waals surface area (Å²) in [6.07, 6.45) is -0.701. The SMILES string of the molecule is COC(=O)[C@H](Cc1ccc(OCc2c(Cl)cccc2Cl)c(Cl)n1)NC(=O)OC(C)(C)C. The molecule has 0 aliphatic rings. The zero-order valence-corrected chi connectivity index (χ0v) is 19.8. The van der Waals surface area contributed by atoms with Crippen LogP contribution in [0.1, 0.15) is 32.0 Å². The number of carbonyl (C=O) groups excluding carboxylic acids is 2. The maximum absolute atomic E-state index is 12.1. The highest BCUT2D eigenvalue weighted by atomic mass is 35.5. The van der Waals surface area contributed by atoms with Gasteiger partial charge in [0.05, 0.1) is 7.11 Å². The Hall–Kier alpha value is -2.22.